The molecule has 25 heavy (non-hydrogen) atoms. The van der Waals surface area contributed by atoms with Crippen LogP contribution in [0, 0.1) is 13.8 Å². The highest BCUT2D eigenvalue weighted by Crippen LogP contribution is 2.40. The molecule has 3 aromatic carbocycles. The highest BCUT2D eigenvalue weighted by Gasteiger charge is 2.26. The van der Waals surface area contributed by atoms with E-state index >= 15 is 0 Å². The lowest BCUT2D eigenvalue weighted by Crippen LogP contribution is -2.16. The molecule has 0 fully saturated rings. The van der Waals surface area contributed by atoms with Gasteiger partial charge >= 0.3 is 5.97 Å². The fourth-order valence-electron chi connectivity index (χ4n) is 3.26. The summed E-state index contributed by atoms with van der Waals surface area (Å²) in [6.07, 6.45) is -1.35. The maximum atomic E-state index is 12.1. The zero-order valence-corrected chi connectivity index (χ0v) is 15.1. The Bertz CT molecular complexity index is 946. The van der Waals surface area contributed by atoms with Gasteiger partial charge in [-0.05, 0) is 59.0 Å². The number of aryl methyl sites for hydroxylation is 1. The van der Waals surface area contributed by atoms with E-state index in [4.69, 9.17) is 16.3 Å². The summed E-state index contributed by atoms with van der Waals surface area (Å²) < 4.78 is 4.77. The van der Waals surface area contributed by atoms with Gasteiger partial charge in [0.2, 0.25) is 0 Å². The Labute approximate surface area is 151 Å². The van der Waals surface area contributed by atoms with E-state index in [0.29, 0.717) is 10.6 Å². The summed E-state index contributed by atoms with van der Waals surface area (Å²) in [5.74, 6) is -0.673. The number of aliphatic hydroxyl groups excluding tert-OH is 1. The molecule has 0 aliphatic rings. The highest BCUT2D eigenvalue weighted by molar-refractivity contribution is 6.30. The first-order valence-corrected chi connectivity index (χ1v) is 8.37. The standard InChI is InChI=1S/C21H19ClO3/c1-12-13(2)18(20(23)21(24)25-3)19(14-8-10-15(22)11-9-14)17-7-5-4-6-16(12)17/h4-11,20,23H,1-3H3. The highest BCUT2D eigenvalue weighted by atomic mass is 35.5. The van der Waals surface area contributed by atoms with Gasteiger partial charge in [-0.1, -0.05) is 48.0 Å². The summed E-state index contributed by atoms with van der Waals surface area (Å²) in [6.45, 7) is 3.92. The van der Waals surface area contributed by atoms with Crippen LogP contribution in [-0.4, -0.2) is 18.2 Å². The maximum Gasteiger partial charge on any atom is 0.339 e. The lowest BCUT2D eigenvalue weighted by Gasteiger charge is -2.22. The molecule has 0 spiro atoms. The molecule has 0 heterocycles. The van der Waals surface area contributed by atoms with E-state index in [2.05, 4.69) is 0 Å². The molecular formula is C21H19ClO3. The first kappa shape index (κ1) is 17.5. The lowest BCUT2D eigenvalue weighted by atomic mass is 9.84. The number of aliphatic hydroxyl groups is 1. The second-order valence-electron chi connectivity index (χ2n) is 6.02. The van der Waals surface area contributed by atoms with Crippen LogP contribution in [0.25, 0.3) is 21.9 Å². The van der Waals surface area contributed by atoms with E-state index in [1.165, 1.54) is 7.11 Å². The van der Waals surface area contributed by atoms with Gasteiger partial charge in [-0.3, -0.25) is 0 Å². The van der Waals surface area contributed by atoms with Crippen LogP contribution >= 0.6 is 11.6 Å². The minimum atomic E-state index is -1.35. The third-order valence-corrected chi connectivity index (χ3v) is 4.92. The van der Waals surface area contributed by atoms with Gasteiger partial charge in [0, 0.05) is 10.6 Å². The molecule has 1 unspecified atom stereocenters. The van der Waals surface area contributed by atoms with Crippen molar-refractivity contribution in [1.82, 2.24) is 0 Å². The van der Waals surface area contributed by atoms with Crippen molar-refractivity contribution in [3.05, 3.63) is 70.2 Å². The summed E-state index contributed by atoms with van der Waals surface area (Å²) in [4.78, 5) is 12.1. The van der Waals surface area contributed by atoms with Crippen molar-refractivity contribution in [2.24, 2.45) is 0 Å². The third kappa shape index (κ3) is 3.01. The molecule has 3 rings (SSSR count). The SMILES string of the molecule is COC(=O)C(O)c1c(C)c(C)c2ccccc2c1-c1ccc(Cl)cc1. The molecule has 1 N–H and O–H groups in total. The van der Waals surface area contributed by atoms with Crippen molar-refractivity contribution in [2.45, 2.75) is 20.0 Å². The largest absolute Gasteiger partial charge is 0.467 e. The van der Waals surface area contributed by atoms with E-state index in [9.17, 15) is 9.90 Å². The number of hydrogen-bond acceptors (Lipinski definition) is 3. The molecule has 0 aliphatic heterocycles. The summed E-state index contributed by atoms with van der Waals surface area (Å²) in [5, 5.41) is 13.3. The molecule has 3 nitrogen and oxygen atoms in total. The average Bonchev–Trinajstić information content (AvgIpc) is 2.64. The summed E-state index contributed by atoms with van der Waals surface area (Å²) in [5.41, 5.74) is 4.20. The molecule has 0 amide bonds. The normalized spacial score (nSPS) is 12.2. The second kappa shape index (κ2) is 6.87. The number of benzene rings is 3. The van der Waals surface area contributed by atoms with Gasteiger partial charge in [0.1, 0.15) is 0 Å². The molecule has 0 bridgehead atoms. The van der Waals surface area contributed by atoms with E-state index in [-0.39, 0.29) is 0 Å². The van der Waals surface area contributed by atoms with Crippen molar-refractivity contribution < 1.29 is 14.6 Å². The maximum absolute atomic E-state index is 12.1. The van der Waals surface area contributed by atoms with E-state index < -0.39 is 12.1 Å². The van der Waals surface area contributed by atoms with Gasteiger partial charge in [-0.15, -0.1) is 0 Å². The van der Waals surface area contributed by atoms with Gasteiger partial charge in [0.05, 0.1) is 7.11 Å². The number of esters is 1. The van der Waals surface area contributed by atoms with E-state index in [0.717, 1.165) is 33.0 Å². The lowest BCUT2D eigenvalue weighted by molar-refractivity contribution is -0.150. The number of methoxy groups -OCH3 is 1. The van der Waals surface area contributed by atoms with Crippen molar-refractivity contribution in [3.8, 4) is 11.1 Å². The van der Waals surface area contributed by atoms with Crippen molar-refractivity contribution in [2.75, 3.05) is 7.11 Å². The van der Waals surface area contributed by atoms with Gasteiger partial charge in [-0.25, -0.2) is 4.79 Å². The number of ether oxygens (including phenoxy) is 1. The predicted molar refractivity (Wildman–Crippen MR) is 101 cm³/mol. The Balaban J connectivity index is 2.44. The van der Waals surface area contributed by atoms with Gasteiger partial charge < -0.3 is 9.84 Å². The second-order valence-corrected chi connectivity index (χ2v) is 6.45. The number of carbonyl (C=O) groups is 1. The van der Waals surface area contributed by atoms with Gasteiger partial charge in [0.25, 0.3) is 0 Å². The summed E-state index contributed by atoms with van der Waals surface area (Å²) in [6, 6.07) is 15.4. The number of hydrogen-bond donors (Lipinski definition) is 1. The van der Waals surface area contributed by atoms with Crippen LogP contribution in [0.5, 0.6) is 0 Å². The Hall–Kier alpha value is -2.36. The molecule has 0 aromatic heterocycles. The van der Waals surface area contributed by atoms with Crippen LogP contribution in [-0.2, 0) is 9.53 Å². The van der Waals surface area contributed by atoms with E-state index in [1.807, 2.05) is 50.2 Å². The molecule has 0 radical (unpaired) electrons. The topological polar surface area (TPSA) is 46.5 Å². The number of halogens is 1. The van der Waals surface area contributed by atoms with Crippen LogP contribution in [0.1, 0.15) is 22.8 Å². The summed E-state index contributed by atoms with van der Waals surface area (Å²) in [7, 11) is 1.27. The van der Waals surface area contributed by atoms with Gasteiger partial charge in [-0.2, -0.15) is 0 Å². The molecule has 0 aliphatic carbocycles. The number of carbonyl (C=O) groups excluding carboxylic acids is 1. The molecule has 0 saturated carbocycles. The van der Waals surface area contributed by atoms with E-state index in [1.54, 1.807) is 12.1 Å². The van der Waals surface area contributed by atoms with Crippen molar-refractivity contribution in [3.63, 3.8) is 0 Å². The molecule has 1 atom stereocenters. The Morgan fingerprint density at radius 2 is 1.60 bits per heavy atom. The number of rotatable bonds is 3. The minimum absolute atomic E-state index is 0.574. The van der Waals surface area contributed by atoms with Crippen LogP contribution in [0.15, 0.2) is 48.5 Å². The first-order chi connectivity index (χ1) is 12.0. The smallest absolute Gasteiger partial charge is 0.339 e. The fraction of sp³-hybridized carbons (Fsp3) is 0.190. The number of fused-ring (bicyclic) bond motifs is 1. The third-order valence-electron chi connectivity index (χ3n) is 4.67. The van der Waals surface area contributed by atoms with Crippen LogP contribution in [0.2, 0.25) is 5.02 Å². The van der Waals surface area contributed by atoms with Crippen molar-refractivity contribution in [1.29, 1.82) is 0 Å². The molecular weight excluding hydrogens is 336 g/mol. The quantitative estimate of drug-likeness (QED) is 0.674. The van der Waals surface area contributed by atoms with Gasteiger partial charge in [0.15, 0.2) is 6.10 Å². The predicted octanol–water partition coefficient (Wildman–Crippen LogP) is 4.98. The minimum Gasteiger partial charge on any atom is -0.467 e. The fourth-order valence-corrected chi connectivity index (χ4v) is 3.39. The Kier molecular flexibility index (Phi) is 4.80. The first-order valence-electron chi connectivity index (χ1n) is 7.99. The van der Waals surface area contributed by atoms with Crippen LogP contribution < -0.4 is 0 Å². The molecule has 4 heteroatoms. The molecule has 128 valence electrons. The molecule has 0 saturated heterocycles. The van der Waals surface area contributed by atoms with Crippen molar-refractivity contribution >= 4 is 28.3 Å². The monoisotopic (exact) mass is 354 g/mol. The van der Waals surface area contributed by atoms with Crippen LogP contribution in [0.4, 0.5) is 0 Å². The Morgan fingerprint density at radius 3 is 2.20 bits per heavy atom. The average molecular weight is 355 g/mol. The zero-order valence-electron chi connectivity index (χ0n) is 14.3. The van der Waals surface area contributed by atoms with Crippen LogP contribution in [0.3, 0.4) is 0 Å². The zero-order chi connectivity index (χ0) is 18.1. The molecule has 3 aromatic rings. The Morgan fingerprint density at radius 1 is 1.00 bits per heavy atom. The summed E-state index contributed by atoms with van der Waals surface area (Å²) >= 11 is 6.03.